The van der Waals surface area contributed by atoms with Crippen molar-refractivity contribution in [1.29, 1.82) is 0 Å². The normalized spacial score (nSPS) is 11.8. The average molecular weight is 476 g/mol. The van der Waals surface area contributed by atoms with Gasteiger partial charge in [0.1, 0.15) is 12.1 Å². The number of carboxylic acid groups (broad SMARTS) is 3. The molecule has 0 rings (SSSR count). The Bertz CT molecular complexity index is 800. The van der Waals surface area contributed by atoms with Crippen molar-refractivity contribution >= 4 is 47.4 Å². The van der Waals surface area contributed by atoms with Gasteiger partial charge in [-0.1, -0.05) is 0 Å². The first-order valence-corrected chi connectivity index (χ1v) is 9.12. The van der Waals surface area contributed by atoms with E-state index in [4.69, 9.17) is 21.1 Å². The van der Waals surface area contributed by atoms with Crippen molar-refractivity contribution in [3.05, 3.63) is 0 Å². The van der Waals surface area contributed by atoms with E-state index in [1.807, 2.05) is 10.6 Å². The Labute approximate surface area is 185 Å². The van der Waals surface area contributed by atoms with Crippen molar-refractivity contribution in [2.75, 3.05) is 26.2 Å². The molecular formula is C16H24N6O11. The summed E-state index contributed by atoms with van der Waals surface area (Å²) in [7, 11) is 0. The fourth-order valence-electron chi connectivity index (χ4n) is 2.01. The molecule has 17 heteroatoms. The molecule has 17 nitrogen and oxygen atoms in total. The lowest BCUT2D eigenvalue weighted by molar-refractivity contribution is -0.148. The summed E-state index contributed by atoms with van der Waals surface area (Å²) in [5.74, 6) is -9.22. The molecule has 0 aromatic carbocycles. The van der Waals surface area contributed by atoms with Crippen LogP contribution >= 0.6 is 0 Å². The number of hydrogen-bond donors (Lipinski definition) is 9. The molecule has 0 aliphatic rings. The number of nitrogens with two attached hydrogens (primary N) is 1. The van der Waals surface area contributed by atoms with Crippen molar-refractivity contribution in [3.63, 3.8) is 0 Å². The van der Waals surface area contributed by atoms with Crippen LogP contribution in [-0.2, 0) is 38.4 Å². The zero-order valence-electron chi connectivity index (χ0n) is 17.1. The molecule has 0 aromatic heterocycles. The lowest BCUT2D eigenvalue weighted by Crippen LogP contribution is -2.54. The quantitative estimate of drug-likeness (QED) is 0.107. The van der Waals surface area contributed by atoms with Crippen LogP contribution in [0.2, 0.25) is 0 Å². The van der Waals surface area contributed by atoms with Crippen LogP contribution in [0.4, 0.5) is 0 Å². The average Bonchev–Trinajstić information content (AvgIpc) is 2.72. The summed E-state index contributed by atoms with van der Waals surface area (Å²) >= 11 is 0. The summed E-state index contributed by atoms with van der Waals surface area (Å²) in [5, 5.41) is 36.6. The van der Waals surface area contributed by atoms with E-state index >= 15 is 0 Å². The number of carbonyl (C=O) groups is 8. The minimum atomic E-state index is -1.87. The number of nitrogens with one attached hydrogen (secondary N) is 5. The van der Waals surface area contributed by atoms with Crippen molar-refractivity contribution in [2.24, 2.45) is 5.73 Å². The highest BCUT2D eigenvalue weighted by atomic mass is 16.4. The zero-order valence-corrected chi connectivity index (χ0v) is 17.1. The van der Waals surface area contributed by atoms with Gasteiger partial charge >= 0.3 is 17.9 Å². The molecule has 184 valence electrons. The Morgan fingerprint density at radius 1 is 0.606 bits per heavy atom. The van der Waals surface area contributed by atoms with Gasteiger partial charge in [0.25, 0.3) is 0 Å². The fourth-order valence-corrected chi connectivity index (χ4v) is 2.01. The van der Waals surface area contributed by atoms with Crippen LogP contribution < -0.4 is 32.3 Å². The van der Waals surface area contributed by atoms with E-state index in [1.54, 1.807) is 0 Å². The molecule has 5 amide bonds. The largest absolute Gasteiger partial charge is 0.481 e. The summed E-state index contributed by atoms with van der Waals surface area (Å²) in [5.41, 5.74) is 5.03. The van der Waals surface area contributed by atoms with Gasteiger partial charge in [0.15, 0.2) is 0 Å². The van der Waals surface area contributed by atoms with E-state index in [-0.39, 0.29) is 6.54 Å². The summed E-state index contributed by atoms with van der Waals surface area (Å²) in [6.45, 7) is -2.08. The van der Waals surface area contributed by atoms with Crippen molar-refractivity contribution < 1.29 is 53.7 Å². The highest BCUT2D eigenvalue weighted by Gasteiger charge is 2.29. The molecule has 33 heavy (non-hydrogen) atoms. The number of carbonyl (C=O) groups excluding carboxylic acids is 5. The molecule has 0 aliphatic carbocycles. The first-order valence-electron chi connectivity index (χ1n) is 9.12. The van der Waals surface area contributed by atoms with E-state index in [1.165, 1.54) is 0 Å². The summed E-state index contributed by atoms with van der Waals surface area (Å²) < 4.78 is 0. The Morgan fingerprint density at radius 3 is 1.45 bits per heavy atom. The highest BCUT2D eigenvalue weighted by Crippen LogP contribution is 1.98. The number of aliphatic carboxylic acids is 3. The second-order valence-electron chi connectivity index (χ2n) is 6.25. The van der Waals surface area contributed by atoms with Gasteiger partial charge in [-0.2, -0.15) is 0 Å². The predicted molar refractivity (Wildman–Crippen MR) is 104 cm³/mol. The van der Waals surface area contributed by atoms with Crippen LogP contribution in [0.5, 0.6) is 0 Å². The monoisotopic (exact) mass is 476 g/mol. The van der Waals surface area contributed by atoms with E-state index < -0.39 is 92.0 Å². The van der Waals surface area contributed by atoms with Gasteiger partial charge in [-0.25, -0.2) is 4.79 Å². The van der Waals surface area contributed by atoms with Crippen LogP contribution in [-0.4, -0.2) is 101 Å². The molecule has 0 heterocycles. The Morgan fingerprint density at radius 2 is 1.03 bits per heavy atom. The fraction of sp³-hybridized carbons (Fsp3) is 0.500. The van der Waals surface area contributed by atoms with Crippen LogP contribution in [0.1, 0.15) is 12.8 Å². The van der Waals surface area contributed by atoms with Crippen LogP contribution in [0, 0.1) is 0 Å². The van der Waals surface area contributed by atoms with E-state index in [0.717, 1.165) is 0 Å². The minimum absolute atomic E-state index is 0.333. The predicted octanol–water partition coefficient (Wildman–Crippen LogP) is -5.70. The van der Waals surface area contributed by atoms with E-state index in [0.29, 0.717) is 0 Å². The number of carboxylic acids is 3. The van der Waals surface area contributed by atoms with E-state index in [2.05, 4.69) is 16.0 Å². The van der Waals surface area contributed by atoms with Crippen molar-refractivity contribution in [1.82, 2.24) is 26.6 Å². The van der Waals surface area contributed by atoms with Crippen LogP contribution in [0.3, 0.4) is 0 Å². The molecule has 0 bridgehead atoms. The topological polar surface area (TPSA) is 283 Å². The zero-order chi connectivity index (χ0) is 25.6. The van der Waals surface area contributed by atoms with Gasteiger partial charge in [-0.3, -0.25) is 33.6 Å². The lowest BCUT2D eigenvalue weighted by Gasteiger charge is -2.19. The van der Waals surface area contributed by atoms with Gasteiger partial charge in [0.2, 0.25) is 29.5 Å². The van der Waals surface area contributed by atoms with Gasteiger partial charge in [0, 0.05) is 0 Å². The molecule has 0 spiro atoms. The van der Waals surface area contributed by atoms with Crippen LogP contribution in [0.15, 0.2) is 0 Å². The van der Waals surface area contributed by atoms with Gasteiger partial charge < -0.3 is 47.6 Å². The smallest absolute Gasteiger partial charge is 0.326 e. The molecule has 0 saturated carbocycles. The molecule has 0 fully saturated rings. The third-order valence-corrected chi connectivity index (χ3v) is 3.55. The third kappa shape index (κ3) is 13.6. The standard InChI is InChI=1S/C16H24N6O11/c17-3-9(23)18-4-10(24)19-5-11(25)20-6-12(26)21-7(1-13(27)28)15(31)22-8(16(32)33)2-14(29)30/h7-8H,1-6,17H2,(H,18,23)(H,19,24)(H,20,25)(H,21,26)(H,22,31)(H,27,28)(H,29,30)(H,32,33)/t7-,8-/m0/s1. The summed E-state index contributed by atoms with van der Waals surface area (Å²) in [4.78, 5) is 90.7. The van der Waals surface area contributed by atoms with E-state index in [9.17, 15) is 38.4 Å². The maximum absolute atomic E-state index is 12.1. The Hall–Kier alpha value is -4.28. The minimum Gasteiger partial charge on any atom is -0.481 e. The molecule has 10 N–H and O–H groups in total. The van der Waals surface area contributed by atoms with Crippen molar-refractivity contribution in [3.8, 4) is 0 Å². The first kappa shape index (κ1) is 28.7. The van der Waals surface area contributed by atoms with Crippen LogP contribution in [0.25, 0.3) is 0 Å². The molecule has 2 atom stereocenters. The SMILES string of the molecule is NCC(=O)NCC(=O)NCC(=O)NCC(=O)N[C@@H](CC(=O)O)C(=O)N[C@@H](CC(=O)O)C(=O)O. The summed E-state index contributed by atoms with van der Waals surface area (Å²) in [6.07, 6.45) is -1.96. The number of rotatable bonds is 15. The van der Waals surface area contributed by atoms with Gasteiger partial charge in [-0.05, 0) is 0 Å². The maximum Gasteiger partial charge on any atom is 0.326 e. The number of hydrogen-bond acceptors (Lipinski definition) is 9. The number of amides is 5. The lowest BCUT2D eigenvalue weighted by atomic mass is 10.1. The molecule has 0 aromatic rings. The Balaban J connectivity index is 4.70. The molecule has 0 aliphatic heterocycles. The first-order chi connectivity index (χ1) is 15.3. The summed E-state index contributed by atoms with van der Waals surface area (Å²) in [6, 6.07) is -3.64. The molecule has 0 unspecified atom stereocenters. The third-order valence-electron chi connectivity index (χ3n) is 3.55. The second-order valence-corrected chi connectivity index (χ2v) is 6.25. The molecule has 0 radical (unpaired) electrons. The second kappa shape index (κ2) is 14.7. The van der Waals surface area contributed by atoms with Gasteiger partial charge in [-0.15, -0.1) is 0 Å². The Kier molecular flexibility index (Phi) is 12.8. The van der Waals surface area contributed by atoms with Crippen molar-refractivity contribution in [2.45, 2.75) is 24.9 Å². The van der Waals surface area contributed by atoms with Gasteiger partial charge in [0.05, 0.1) is 39.0 Å². The molecule has 0 saturated heterocycles. The highest BCUT2D eigenvalue weighted by molar-refractivity contribution is 5.95. The molecular weight excluding hydrogens is 452 g/mol. The maximum atomic E-state index is 12.1.